The van der Waals surface area contributed by atoms with Crippen LogP contribution in [0.3, 0.4) is 0 Å². The number of nitrogens with zero attached hydrogens (tertiary/aromatic N) is 3. The van der Waals surface area contributed by atoms with Crippen molar-refractivity contribution in [1.29, 1.82) is 0 Å². The molecule has 0 aromatic carbocycles. The standard InChI is InChI=1S/C19H23N3O5/c1-5-9-26-22-14-7-6-8-15(10-14)27-18-17(13(2)20-12-21-18)16(11-24-3)19(23)25-4/h6,8,10-12H,5,7,9H2,1-4H3. The third kappa shape index (κ3) is 5.40. The van der Waals surface area contributed by atoms with Gasteiger partial charge in [0.1, 0.15) is 24.3 Å². The minimum atomic E-state index is -0.581. The Morgan fingerprint density at radius 3 is 2.85 bits per heavy atom. The van der Waals surface area contributed by atoms with E-state index in [-0.39, 0.29) is 11.5 Å². The molecule has 144 valence electrons. The molecular formula is C19H23N3O5. The average Bonchev–Trinajstić information content (AvgIpc) is 2.67. The number of aromatic nitrogens is 2. The summed E-state index contributed by atoms with van der Waals surface area (Å²) >= 11 is 0. The van der Waals surface area contributed by atoms with E-state index in [9.17, 15) is 4.79 Å². The molecule has 0 N–H and O–H groups in total. The van der Waals surface area contributed by atoms with Crippen LogP contribution in [0, 0.1) is 6.92 Å². The Hall–Kier alpha value is -3.16. The van der Waals surface area contributed by atoms with E-state index in [1.807, 2.05) is 13.0 Å². The van der Waals surface area contributed by atoms with Crippen LogP contribution in [-0.2, 0) is 19.1 Å². The molecule has 1 aliphatic rings. The Bertz CT molecular complexity index is 797. The molecule has 8 nitrogen and oxygen atoms in total. The van der Waals surface area contributed by atoms with Gasteiger partial charge < -0.3 is 19.0 Å². The van der Waals surface area contributed by atoms with Crippen LogP contribution in [0.4, 0.5) is 0 Å². The van der Waals surface area contributed by atoms with E-state index < -0.39 is 5.97 Å². The van der Waals surface area contributed by atoms with E-state index in [0.29, 0.717) is 30.0 Å². The highest BCUT2D eigenvalue weighted by molar-refractivity contribution is 6.17. The second kappa shape index (κ2) is 10.1. The summed E-state index contributed by atoms with van der Waals surface area (Å²) < 4.78 is 15.8. The van der Waals surface area contributed by atoms with Crippen molar-refractivity contribution in [2.75, 3.05) is 20.8 Å². The SMILES string of the molecule is CCCON=C1C=C(Oc2ncnc(C)c2C(=COC)C(=O)OC)C=CC1. The minimum absolute atomic E-state index is 0.161. The maximum absolute atomic E-state index is 12.2. The summed E-state index contributed by atoms with van der Waals surface area (Å²) in [5, 5.41) is 4.08. The number of oxime groups is 1. The molecule has 0 bridgehead atoms. The summed E-state index contributed by atoms with van der Waals surface area (Å²) in [5.74, 6) is 0.145. The Labute approximate surface area is 158 Å². The highest BCUT2D eigenvalue weighted by Crippen LogP contribution is 2.29. The molecule has 0 spiro atoms. The van der Waals surface area contributed by atoms with Crippen LogP contribution >= 0.6 is 0 Å². The van der Waals surface area contributed by atoms with Gasteiger partial charge in [0.05, 0.1) is 37.5 Å². The molecule has 27 heavy (non-hydrogen) atoms. The molecular weight excluding hydrogens is 350 g/mol. The van der Waals surface area contributed by atoms with Gasteiger partial charge in [-0.25, -0.2) is 14.8 Å². The Kier molecular flexibility index (Phi) is 7.54. The predicted molar refractivity (Wildman–Crippen MR) is 99.9 cm³/mol. The lowest BCUT2D eigenvalue weighted by Crippen LogP contribution is -2.11. The van der Waals surface area contributed by atoms with Gasteiger partial charge in [0.2, 0.25) is 5.88 Å². The van der Waals surface area contributed by atoms with E-state index >= 15 is 0 Å². The lowest BCUT2D eigenvalue weighted by molar-refractivity contribution is -0.133. The van der Waals surface area contributed by atoms with Gasteiger partial charge in [0, 0.05) is 12.5 Å². The summed E-state index contributed by atoms with van der Waals surface area (Å²) in [5.41, 5.74) is 1.84. The molecule has 1 aromatic heterocycles. The molecule has 0 saturated heterocycles. The molecule has 0 saturated carbocycles. The molecule has 0 radical (unpaired) electrons. The fourth-order valence-corrected chi connectivity index (χ4v) is 2.30. The zero-order valence-electron chi connectivity index (χ0n) is 15.9. The van der Waals surface area contributed by atoms with Gasteiger partial charge >= 0.3 is 5.97 Å². The van der Waals surface area contributed by atoms with Crippen molar-refractivity contribution in [3.8, 4) is 5.88 Å². The smallest absolute Gasteiger partial charge is 0.341 e. The van der Waals surface area contributed by atoms with Crippen LogP contribution < -0.4 is 4.74 Å². The maximum atomic E-state index is 12.2. The zero-order valence-corrected chi connectivity index (χ0v) is 15.9. The van der Waals surface area contributed by atoms with Gasteiger partial charge in [0.25, 0.3) is 0 Å². The molecule has 1 heterocycles. The van der Waals surface area contributed by atoms with Gasteiger partial charge in [-0.3, -0.25) is 0 Å². The van der Waals surface area contributed by atoms with Crippen LogP contribution in [0.5, 0.6) is 5.88 Å². The van der Waals surface area contributed by atoms with Crippen molar-refractivity contribution in [3.63, 3.8) is 0 Å². The number of carbonyl (C=O) groups excluding carboxylic acids is 1. The normalized spacial score (nSPS) is 15.3. The van der Waals surface area contributed by atoms with Crippen LogP contribution in [0.25, 0.3) is 5.57 Å². The maximum Gasteiger partial charge on any atom is 0.341 e. The van der Waals surface area contributed by atoms with E-state index in [2.05, 4.69) is 15.1 Å². The van der Waals surface area contributed by atoms with E-state index in [4.69, 9.17) is 19.0 Å². The second-order valence-electron chi connectivity index (χ2n) is 5.57. The Morgan fingerprint density at radius 1 is 1.33 bits per heavy atom. The summed E-state index contributed by atoms with van der Waals surface area (Å²) in [6.45, 7) is 4.31. The number of allylic oxidation sites excluding steroid dienone is 3. The van der Waals surface area contributed by atoms with Crippen molar-refractivity contribution >= 4 is 17.3 Å². The van der Waals surface area contributed by atoms with E-state index in [1.54, 1.807) is 19.1 Å². The third-order valence-electron chi connectivity index (χ3n) is 3.52. The number of methoxy groups -OCH3 is 2. The van der Waals surface area contributed by atoms with Crippen molar-refractivity contribution in [2.45, 2.75) is 26.7 Å². The fraction of sp³-hybridized carbons (Fsp3) is 0.368. The van der Waals surface area contributed by atoms with Gasteiger partial charge in [0.15, 0.2) is 0 Å². The molecule has 0 unspecified atom stereocenters. The molecule has 1 aromatic rings. The largest absolute Gasteiger partial charge is 0.503 e. The second-order valence-corrected chi connectivity index (χ2v) is 5.57. The molecule has 0 atom stereocenters. The number of hydrogen-bond donors (Lipinski definition) is 0. The Balaban J connectivity index is 2.36. The quantitative estimate of drug-likeness (QED) is 0.227. The molecule has 0 fully saturated rings. The number of hydrogen-bond acceptors (Lipinski definition) is 8. The molecule has 2 rings (SSSR count). The van der Waals surface area contributed by atoms with Crippen molar-refractivity contribution in [1.82, 2.24) is 9.97 Å². The number of aryl methyl sites for hydroxylation is 1. The first-order valence-electron chi connectivity index (χ1n) is 8.48. The first kappa shape index (κ1) is 20.2. The first-order chi connectivity index (χ1) is 13.1. The highest BCUT2D eigenvalue weighted by atomic mass is 16.6. The summed E-state index contributed by atoms with van der Waals surface area (Å²) in [6, 6.07) is 0. The van der Waals surface area contributed by atoms with Crippen LogP contribution in [0.1, 0.15) is 31.0 Å². The lowest BCUT2D eigenvalue weighted by Gasteiger charge is -2.15. The molecule has 8 heteroatoms. The molecule has 0 amide bonds. The van der Waals surface area contributed by atoms with Crippen LogP contribution in [0.2, 0.25) is 0 Å². The van der Waals surface area contributed by atoms with Crippen LogP contribution in [-0.4, -0.2) is 42.5 Å². The minimum Gasteiger partial charge on any atom is -0.503 e. The number of esters is 1. The lowest BCUT2D eigenvalue weighted by atomic mass is 10.1. The number of ether oxygens (including phenoxy) is 3. The van der Waals surface area contributed by atoms with Crippen molar-refractivity contribution in [3.05, 3.63) is 47.8 Å². The highest BCUT2D eigenvalue weighted by Gasteiger charge is 2.23. The van der Waals surface area contributed by atoms with Gasteiger partial charge in [-0.15, -0.1) is 0 Å². The summed E-state index contributed by atoms with van der Waals surface area (Å²) in [6.07, 6.45) is 9.63. The molecule has 0 aliphatic heterocycles. The van der Waals surface area contributed by atoms with E-state index in [0.717, 1.165) is 12.1 Å². The van der Waals surface area contributed by atoms with Crippen molar-refractivity contribution in [2.24, 2.45) is 5.16 Å². The summed E-state index contributed by atoms with van der Waals surface area (Å²) in [7, 11) is 2.73. The van der Waals surface area contributed by atoms with E-state index in [1.165, 1.54) is 26.8 Å². The third-order valence-corrected chi connectivity index (χ3v) is 3.52. The topological polar surface area (TPSA) is 92.1 Å². The van der Waals surface area contributed by atoms with Crippen molar-refractivity contribution < 1.29 is 23.8 Å². The first-order valence-corrected chi connectivity index (χ1v) is 8.48. The predicted octanol–water partition coefficient (Wildman–Crippen LogP) is 2.95. The number of carbonyl (C=O) groups is 1. The molecule has 1 aliphatic carbocycles. The zero-order chi connectivity index (χ0) is 19.6. The Morgan fingerprint density at radius 2 is 2.15 bits per heavy atom. The van der Waals surface area contributed by atoms with Gasteiger partial charge in [-0.2, -0.15) is 0 Å². The average molecular weight is 373 g/mol. The van der Waals surface area contributed by atoms with Gasteiger partial charge in [-0.05, 0) is 19.4 Å². The summed E-state index contributed by atoms with van der Waals surface area (Å²) in [4.78, 5) is 25.7. The van der Waals surface area contributed by atoms with Crippen LogP contribution in [0.15, 0.2) is 41.7 Å². The van der Waals surface area contributed by atoms with Gasteiger partial charge in [-0.1, -0.05) is 18.2 Å². The monoisotopic (exact) mass is 373 g/mol. The number of rotatable bonds is 8. The fourth-order valence-electron chi connectivity index (χ4n) is 2.30.